The molecule has 0 spiro atoms. The second-order valence-electron chi connectivity index (χ2n) is 2.70. The van der Waals surface area contributed by atoms with Crippen LogP contribution < -0.4 is 5.32 Å². The zero-order chi connectivity index (χ0) is 8.97. The van der Waals surface area contributed by atoms with Gasteiger partial charge in [0.2, 0.25) is 0 Å². The van der Waals surface area contributed by atoms with Crippen LogP contribution in [0.25, 0.3) is 0 Å². The highest BCUT2D eigenvalue weighted by molar-refractivity contribution is 14.1. The van der Waals surface area contributed by atoms with Gasteiger partial charge in [-0.15, -0.1) is 0 Å². The Balaban J connectivity index is 2.40. The third-order valence-electron chi connectivity index (χ3n) is 1.84. The third-order valence-corrected chi connectivity index (χ3v) is 3.22. The molecule has 2 unspecified atom stereocenters. The number of alkyl carbamates (subject to hydrolysis) is 1. The number of alkyl halides is 1. The first-order chi connectivity index (χ1) is 5.74. The van der Waals surface area contributed by atoms with E-state index < -0.39 is 0 Å². The van der Waals surface area contributed by atoms with Gasteiger partial charge in [-0.2, -0.15) is 0 Å². The van der Waals surface area contributed by atoms with Crippen LogP contribution in [0.5, 0.6) is 0 Å². The predicted octanol–water partition coefficient (Wildman–Crippen LogP) is 1.86. The largest absolute Gasteiger partial charge is 0.453 e. The summed E-state index contributed by atoms with van der Waals surface area (Å²) in [5.41, 5.74) is 0. The van der Waals surface area contributed by atoms with Crippen LogP contribution in [0, 0.1) is 0 Å². The lowest BCUT2D eigenvalue weighted by Gasteiger charge is -2.23. The highest BCUT2D eigenvalue weighted by Gasteiger charge is 2.21. The molecule has 1 aliphatic rings. The second-order valence-corrected chi connectivity index (χ2v) is 4.30. The molecule has 0 fully saturated rings. The topological polar surface area (TPSA) is 38.3 Å². The van der Waals surface area contributed by atoms with Gasteiger partial charge in [-0.3, -0.25) is 0 Å². The van der Waals surface area contributed by atoms with Crippen LogP contribution in [-0.2, 0) is 4.74 Å². The number of amides is 1. The quantitative estimate of drug-likeness (QED) is 0.452. The molecule has 2 atom stereocenters. The molecular formula is C8H12INO2. The normalized spacial score (nSPS) is 28.2. The first-order valence-corrected chi connectivity index (χ1v) is 5.12. The summed E-state index contributed by atoms with van der Waals surface area (Å²) in [4.78, 5) is 10.9. The van der Waals surface area contributed by atoms with Crippen molar-refractivity contribution in [3.8, 4) is 0 Å². The number of allylic oxidation sites excluding steroid dienone is 1. The second kappa shape index (κ2) is 4.69. The van der Waals surface area contributed by atoms with Crippen LogP contribution in [0.3, 0.4) is 0 Å². The lowest BCUT2D eigenvalue weighted by molar-refractivity contribution is 0.166. The molecule has 0 bridgehead atoms. The van der Waals surface area contributed by atoms with E-state index in [1.165, 1.54) is 7.11 Å². The van der Waals surface area contributed by atoms with Crippen LogP contribution in [0.4, 0.5) is 4.79 Å². The maximum Gasteiger partial charge on any atom is 0.407 e. The Bertz CT molecular complexity index is 193. The van der Waals surface area contributed by atoms with E-state index in [1.807, 2.05) is 0 Å². The fourth-order valence-electron chi connectivity index (χ4n) is 1.14. The highest BCUT2D eigenvalue weighted by Crippen LogP contribution is 2.19. The van der Waals surface area contributed by atoms with Crippen molar-refractivity contribution in [3.05, 3.63) is 12.2 Å². The molecule has 0 saturated heterocycles. The van der Waals surface area contributed by atoms with Crippen LogP contribution >= 0.6 is 22.6 Å². The van der Waals surface area contributed by atoms with Gasteiger partial charge in [-0.05, 0) is 12.8 Å². The molecule has 12 heavy (non-hydrogen) atoms. The summed E-state index contributed by atoms with van der Waals surface area (Å²) in [6, 6.07) is 0.225. The van der Waals surface area contributed by atoms with Gasteiger partial charge < -0.3 is 10.1 Å². The van der Waals surface area contributed by atoms with Gasteiger partial charge in [0.1, 0.15) is 0 Å². The van der Waals surface area contributed by atoms with Gasteiger partial charge in [-0.1, -0.05) is 34.7 Å². The molecular weight excluding hydrogens is 269 g/mol. The predicted molar refractivity (Wildman–Crippen MR) is 55.5 cm³/mol. The average Bonchev–Trinajstić information content (AvgIpc) is 2.09. The number of hydrogen-bond acceptors (Lipinski definition) is 2. The summed E-state index contributed by atoms with van der Waals surface area (Å²) in [6.45, 7) is 0. The monoisotopic (exact) mass is 281 g/mol. The summed E-state index contributed by atoms with van der Waals surface area (Å²) in [6.07, 6.45) is 5.83. The summed E-state index contributed by atoms with van der Waals surface area (Å²) in [5.74, 6) is 0. The highest BCUT2D eigenvalue weighted by atomic mass is 127. The zero-order valence-electron chi connectivity index (χ0n) is 6.92. The molecule has 0 aliphatic heterocycles. The summed E-state index contributed by atoms with van der Waals surface area (Å²) < 4.78 is 5.00. The van der Waals surface area contributed by atoms with Gasteiger partial charge in [0, 0.05) is 9.97 Å². The summed E-state index contributed by atoms with van der Waals surface area (Å²) >= 11 is 2.35. The van der Waals surface area contributed by atoms with E-state index in [9.17, 15) is 4.79 Å². The number of carbonyl (C=O) groups is 1. The Labute approximate surface area is 85.7 Å². The number of hydrogen-bond donors (Lipinski definition) is 1. The van der Waals surface area contributed by atoms with Crippen molar-refractivity contribution < 1.29 is 9.53 Å². The van der Waals surface area contributed by atoms with Gasteiger partial charge in [0.25, 0.3) is 0 Å². The molecule has 1 amide bonds. The molecule has 0 heterocycles. The number of nitrogens with one attached hydrogen (secondary N) is 1. The fourth-order valence-corrected chi connectivity index (χ4v) is 1.91. The van der Waals surface area contributed by atoms with E-state index in [0.29, 0.717) is 3.92 Å². The standard InChI is InChI=1S/C8H12INO2/c1-12-8(11)10-7-5-3-2-4-6(7)9/h2-3,6-7H,4-5H2,1H3,(H,10,11). The van der Waals surface area contributed by atoms with Crippen LogP contribution in [-0.4, -0.2) is 23.2 Å². The molecule has 4 heteroatoms. The van der Waals surface area contributed by atoms with Crippen molar-refractivity contribution in [2.24, 2.45) is 0 Å². The minimum absolute atomic E-state index is 0.225. The van der Waals surface area contributed by atoms with Crippen molar-refractivity contribution >= 4 is 28.7 Å². The van der Waals surface area contributed by atoms with Gasteiger partial charge in [0.15, 0.2) is 0 Å². The van der Waals surface area contributed by atoms with Crippen LogP contribution in [0.2, 0.25) is 0 Å². The Hall–Kier alpha value is -0.260. The third kappa shape index (κ3) is 2.66. The molecule has 3 nitrogen and oxygen atoms in total. The average molecular weight is 281 g/mol. The molecule has 1 N–H and O–H groups in total. The van der Waals surface area contributed by atoms with E-state index in [-0.39, 0.29) is 12.1 Å². The number of rotatable bonds is 1. The molecule has 1 rings (SSSR count). The SMILES string of the molecule is COC(=O)NC1CC=CCC1I. The van der Waals surface area contributed by atoms with E-state index in [1.54, 1.807) is 0 Å². The van der Waals surface area contributed by atoms with Crippen molar-refractivity contribution in [3.63, 3.8) is 0 Å². The van der Waals surface area contributed by atoms with Crippen LogP contribution in [0.1, 0.15) is 12.8 Å². The zero-order valence-corrected chi connectivity index (χ0v) is 9.08. The molecule has 1 aliphatic carbocycles. The lowest BCUT2D eigenvalue weighted by atomic mass is 10.0. The van der Waals surface area contributed by atoms with Crippen LogP contribution in [0.15, 0.2) is 12.2 Å². The summed E-state index contributed by atoms with van der Waals surface area (Å²) in [5, 5.41) is 2.80. The maximum atomic E-state index is 10.9. The first-order valence-electron chi connectivity index (χ1n) is 3.87. The van der Waals surface area contributed by atoms with E-state index in [2.05, 4.69) is 44.8 Å². The van der Waals surface area contributed by atoms with Crippen molar-refractivity contribution in [2.45, 2.75) is 22.8 Å². The minimum Gasteiger partial charge on any atom is -0.453 e. The Morgan fingerprint density at radius 2 is 2.25 bits per heavy atom. The van der Waals surface area contributed by atoms with Crippen molar-refractivity contribution in [1.82, 2.24) is 5.32 Å². The smallest absolute Gasteiger partial charge is 0.407 e. The van der Waals surface area contributed by atoms with Crippen molar-refractivity contribution in [2.75, 3.05) is 7.11 Å². The molecule has 0 aromatic heterocycles. The Morgan fingerprint density at radius 1 is 1.58 bits per heavy atom. The van der Waals surface area contributed by atoms with E-state index >= 15 is 0 Å². The fraction of sp³-hybridized carbons (Fsp3) is 0.625. The molecule has 68 valence electrons. The molecule has 0 radical (unpaired) electrons. The Morgan fingerprint density at radius 3 is 2.83 bits per heavy atom. The minimum atomic E-state index is -0.336. The molecule has 0 aromatic carbocycles. The van der Waals surface area contributed by atoms with Gasteiger partial charge in [-0.25, -0.2) is 4.79 Å². The number of halogens is 1. The van der Waals surface area contributed by atoms with Gasteiger partial charge in [0.05, 0.1) is 7.11 Å². The molecule has 0 aromatic rings. The lowest BCUT2D eigenvalue weighted by Crippen LogP contribution is -2.41. The first kappa shape index (κ1) is 9.83. The number of carbonyl (C=O) groups excluding carboxylic acids is 1. The Kier molecular flexibility index (Phi) is 3.84. The number of ether oxygens (including phenoxy) is 1. The molecule has 0 saturated carbocycles. The van der Waals surface area contributed by atoms with E-state index in [4.69, 9.17) is 0 Å². The maximum absolute atomic E-state index is 10.9. The number of methoxy groups -OCH3 is 1. The van der Waals surface area contributed by atoms with Crippen molar-refractivity contribution in [1.29, 1.82) is 0 Å². The van der Waals surface area contributed by atoms with E-state index in [0.717, 1.165) is 12.8 Å². The van der Waals surface area contributed by atoms with Gasteiger partial charge >= 0.3 is 6.09 Å². The summed E-state index contributed by atoms with van der Waals surface area (Å²) in [7, 11) is 1.39.